The van der Waals surface area contributed by atoms with E-state index in [0.717, 1.165) is 0 Å². The van der Waals surface area contributed by atoms with Crippen LogP contribution in [0.1, 0.15) is 0 Å². The third-order valence-corrected chi connectivity index (χ3v) is 1.45. The fraction of sp³-hybridized carbons (Fsp3) is 0.286. The zero-order valence-corrected chi connectivity index (χ0v) is 7.14. The second-order valence-electron chi connectivity index (χ2n) is 1.96. The second kappa shape index (κ2) is 3.44. The molecule has 1 aromatic rings. The number of rotatable bonds is 2. The van der Waals surface area contributed by atoms with E-state index in [2.05, 4.69) is 10.3 Å². The van der Waals surface area contributed by atoms with Crippen LogP contribution in [0.2, 0.25) is 5.15 Å². The normalized spacial score (nSPS) is 9.36. The maximum atomic E-state index is 5.68. The van der Waals surface area contributed by atoms with Gasteiger partial charge in [-0.25, -0.2) is 4.98 Å². The largest absolute Gasteiger partial charge is 0.497 e. The van der Waals surface area contributed by atoms with Crippen LogP contribution in [0, 0.1) is 0 Å². The highest BCUT2D eigenvalue weighted by Crippen LogP contribution is 2.19. The second-order valence-corrected chi connectivity index (χ2v) is 2.35. The summed E-state index contributed by atoms with van der Waals surface area (Å²) >= 11 is 5.68. The molecule has 4 heteroatoms. The Morgan fingerprint density at radius 2 is 2.27 bits per heavy atom. The first-order valence-electron chi connectivity index (χ1n) is 3.15. The van der Waals surface area contributed by atoms with Gasteiger partial charge in [0.2, 0.25) is 0 Å². The van der Waals surface area contributed by atoms with Gasteiger partial charge in [-0.15, -0.1) is 0 Å². The Morgan fingerprint density at radius 3 is 2.82 bits per heavy atom. The van der Waals surface area contributed by atoms with Crippen LogP contribution in [-0.4, -0.2) is 19.1 Å². The first-order chi connectivity index (χ1) is 5.26. The molecule has 0 aliphatic carbocycles. The van der Waals surface area contributed by atoms with Crippen molar-refractivity contribution in [2.45, 2.75) is 0 Å². The van der Waals surface area contributed by atoms with Gasteiger partial charge in [0.25, 0.3) is 0 Å². The van der Waals surface area contributed by atoms with Gasteiger partial charge in [0, 0.05) is 19.2 Å². The van der Waals surface area contributed by atoms with Crippen molar-refractivity contribution in [3.05, 3.63) is 17.3 Å². The molecule has 1 N–H and O–H groups in total. The number of pyridine rings is 1. The van der Waals surface area contributed by atoms with Crippen molar-refractivity contribution >= 4 is 17.4 Å². The van der Waals surface area contributed by atoms with E-state index in [1.54, 1.807) is 26.3 Å². The van der Waals surface area contributed by atoms with Gasteiger partial charge in [0.1, 0.15) is 16.7 Å². The Kier molecular flexibility index (Phi) is 2.54. The van der Waals surface area contributed by atoms with E-state index >= 15 is 0 Å². The molecule has 0 spiro atoms. The number of ether oxygens (including phenoxy) is 1. The molecule has 0 atom stereocenters. The first-order valence-corrected chi connectivity index (χ1v) is 3.53. The Balaban J connectivity index is 3.02. The first kappa shape index (κ1) is 8.14. The molecular formula is C7H9ClN2O. The molecule has 0 saturated carbocycles. The number of hydrogen-bond acceptors (Lipinski definition) is 3. The van der Waals surface area contributed by atoms with Crippen LogP contribution >= 0.6 is 11.6 Å². The fourth-order valence-corrected chi connectivity index (χ4v) is 0.918. The lowest BCUT2D eigenvalue weighted by Gasteiger charge is -2.03. The van der Waals surface area contributed by atoms with Crippen molar-refractivity contribution in [3.8, 4) is 5.75 Å². The van der Waals surface area contributed by atoms with Gasteiger partial charge in [-0.3, -0.25) is 0 Å². The zero-order chi connectivity index (χ0) is 8.27. The molecule has 1 aromatic heterocycles. The predicted octanol–water partition coefficient (Wildman–Crippen LogP) is 1.79. The summed E-state index contributed by atoms with van der Waals surface area (Å²) in [5.74, 6) is 1.41. The van der Waals surface area contributed by atoms with Crippen molar-refractivity contribution in [2.24, 2.45) is 0 Å². The van der Waals surface area contributed by atoms with Crippen LogP contribution in [-0.2, 0) is 0 Å². The monoisotopic (exact) mass is 172 g/mol. The summed E-state index contributed by atoms with van der Waals surface area (Å²) in [6.45, 7) is 0. The van der Waals surface area contributed by atoms with Crippen LogP contribution in [0.4, 0.5) is 5.82 Å². The third-order valence-electron chi connectivity index (χ3n) is 1.26. The highest BCUT2D eigenvalue weighted by Gasteiger charge is 1.97. The Hall–Kier alpha value is -0.960. The lowest BCUT2D eigenvalue weighted by atomic mass is 10.4. The molecule has 60 valence electrons. The van der Waals surface area contributed by atoms with Gasteiger partial charge in [-0.1, -0.05) is 11.6 Å². The maximum absolute atomic E-state index is 5.68. The van der Waals surface area contributed by atoms with Crippen LogP contribution in [0.3, 0.4) is 0 Å². The molecule has 1 rings (SSSR count). The van der Waals surface area contributed by atoms with Crippen molar-refractivity contribution < 1.29 is 4.74 Å². The minimum atomic E-state index is 0.425. The molecule has 0 fully saturated rings. The van der Waals surface area contributed by atoms with E-state index in [4.69, 9.17) is 16.3 Å². The van der Waals surface area contributed by atoms with E-state index in [0.29, 0.717) is 16.7 Å². The Bertz CT molecular complexity index is 230. The number of methoxy groups -OCH3 is 1. The van der Waals surface area contributed by atoms with Crippen molar-refractivity contribution in [3.63, 3.8) is 0 Å². The lowest BCUT2D eigenvalue weighted by Crippen LogP contribution is -1.93. The van der Waals surface area contributed by atoms with Crippen molar-refractivity contribution in [1.29, 1.82) is 0 Å². The summed E-state index contributed by atoms with van der Waals surface area (Å²) in [6, 6.07) is 3.42. The predicted molar refractivity (Wildman–Crippen MR) is 45.3 cm³/mol. The summed E-state index contributed by atoms with van der Waals surface area (Å²) in [5, 5.41) is 3.29. The van der Waals surface area contributed by atoms with E-state index < -0.39 is 0 Å². The minimum absolute atomic E-state index is 0.425. The minimum Gasteiger partial charge on any atom is -0.497 e. The summed E-state index contributed by atoms with van der Waals surface area (Å²) in [7, 11) is 3.36. The number of hydrogen-bond donors (Lipinski definition) is 1. The van der Waals surface area contributed by atoms with Crippen LogP contribution in [0.5, 0.6) is 5.75 Å². The van der Waals surface area contributed by atoms with Gasteiger partial charge >= 0.3 is 0 Å². The van der Waals surface area contributed by atoms with Gasteiger partial charge in [0.05, 0.1) is 7.11 Å². The number of halogens is 1. The summed E-state index contributed by atoms with van der Waals surface area (Å²) in [6.07, 6.45) is 0. The lowest BCUT2D eigenvalue weighted by molar-refractivity contribution is 0.414. The molecule has 0 bridgehead atoms. The Morgan fingerprint density at radius 1 is 1.55 bits per heavy atom. The molecule has 0 aliphatic rings. The fourth-order valence-electron chi connectivity index (χ4n) is 0.719. The number of aromatic nitrogens is 1. The summed E-state index contributed by atoms with van der Waals surface area (Å²) in [5.41, 5.74) is 0. The Labute approximate surface area is 70.3 Å². The maximum Gasteiger partial charge on any atom is 0.135 e. The molecule has 0 radical (unpaired) electrons. The van der Waals surface area contributed by atoms with Gasteiger partial charge < -0.3 is 10.1 Å². The van der Waals surface area contributed by atoms with Gasteiger partial charge in [-0.05, 0) is 0 Å². The molecule has 0 aliphatic heterocycles. The summed E-state index contributed by atoms with van der Waals surface area (Å²) < 4.78 is 4.97. The van der Waals surface area contributed by atoms with E-state index in [1.165, 1.54) is 0 Å². The SMILES string of the molecule is CNc1cc(OC)cc(Cl)n1. The molecular weight excluding hydrogens is 164 g/mol. The topological polar surface area (TPSA) is 34.1 Å². The molecule has 0 aromatic carbocycles. The molecule has 0 saturated heterocycles. The van der Waals surface area contributed by atoms with Crippen molar-refractivity contribution in [1.82, 2.24) is 4.98 Å². The molecule has 3 nitrogen and oxygen atoms in total. The molecule has 11 heavy (non-hydrogen) atoms. The van der Waals surface area contributed by atoms with Gasteiger partial charge in [-0.2, -0.15) is 0 Å². The standard InChI is InChI=1S/C7H9ClN2O/c1-9-7-4-5(11-2)3-6(8)10-7/h3-4H,1-2H3,(H,9,10). The number of nitrogens with zero attached hydrogens (tertiary/aromatic N) is 1. The number of nitrogens with one attached hydrogen (secondary N) is 1. The number of anilines is 1. The van der Waals surface area contributed by atoms with Crippen LogP contribution in [0.25, 0.3) is 0 Å². The van der Waals surface area contributed by atoms with Crippen LogP contribution in [0.15, 0.2) is 12.1 Å². The van der Waals surface area contributed by atoms with Crippen molar-refractivity contribution in [2.75, 3.05) is 19.5 Å². The van der Waals surface area contributed by atoms with Gasteiger partial charge in [0.15, 0.2) is 0 Å². The third kappa shape index (κ3) is 1.98. The molecule has 1 heterocycles. The smallest absolute Gasteiger partial charge is 0.135 e. The highest BCUT2D eigenvalue weighted by atomic mass is 35.5. The van der Waals surface area contributed by atoms with E-state index in [-0.39, 0.29) is 0 Å². The zero-order valence-electron chi connectivity index (χ0n) is 6.39. The van der Waals surface area contributed by atoms with Crippen LogP contribution < -0.4 is 10.1 Å². The van der Waals surface area contributed by atoms with E-state index in [1.807, 2.05) is 0 Å². The summed E-state index contributed by atoms with van der Waals surface area (Å²) in [4.78, 5) is 3.97. The molecule has 0 amide bonds. The quantitative estimate of drug-likeness (QED) is 0.691. The average molecular weight is 173 g/mol. The highest BCUT2D eigenvalue weighted by molar-refractivity contribution is 6.29. The average Bonchev–Trinajstić information content (AvgIpc) is 2.03. The van der Waals surface area contributed by atoms with E-state index in [9.17, 15) is 0 Å². The molecule has 0 unspecified atom stereocenters.